The summed E-state index contributed by atoms with van der Waals surface area (Å²) in [5.41, 5.74) is 4.45. The van der Waals surface area contributed by atoms with Crippen LogP contribution in [0.3, 0.4) is 0 Å². The van der Waals surface area contributed by atoms with Gasteiger partial charge >= 0.3 is 5.97 Å². The molecule has 0 aliphatic rings. The van der Waals surface area contributed by atoms with Crippen LogP contribution in [0.4, 0.5) is 0 Å². The fourth-order valence-corrected chi connectivity index (χ4v) is 3.51. The Labute approximate surface area is 139 Å². The van der Waals surface area contributed by atoms with Crippen molar-refractivity contribution in [2.45, 2.75) is 18.8 Å². The molecule has 0 bridgehead atoms. The van der Waals surface area contributed by atoms with E-state index in [0.717, 1.165) is 32.9 Å². The molecular formula is C20H18N2O2. The second-order valence-corrected chi connectivity index (χ2v) is 6.06. The van der Waals surface area contributed by atoms with Gasteiger partial charge in [0.25, 0.3) is 0 Å². The van der Waals surface area contributed by atoms with Gasteiger partial charge in [0.05, 0.1) is 0 Å². The maximum Gasteiger partial charge on any atom is 0.303 e. The number of carboxylic acids is 1. The third-order valence-corrected chi connectivity index (χ3v) is 4.64. The third-order valence-electron chi connectivity index (χ3n) is 4.64. The van der Waals surface area contributed by atoms with Crippen molar-refractivity contribution in [2.24, 2.45) is 0 Å². The molecule has 24 heavy (non-hydrogen) atoms. The minimum absolute atomic E-state index is 0.0356. The summed E-state index contributed by atoms with van der Waals surface area (Å²) in [6.07, 6.45) is 4.74. The molecule has 2 heterocycles. The maximum atomic E-state index is 11.2. The van der Waals surface area contributed by atoms with Gasteiger partial charge in [0.15, 0.2) is 0 Å². The summed E-state index contributed by atoms with van der Waals surface area (Å²) in [7, 11) is 0. The lowest BCUT2D eigenvalue weighted by Crippen LogP contribution is -2.04. The van der Waals surface area contributed by atoms with E-state index in [1.807, 2.05) is 48.8 Å². The summed E-state index contributed by atoms with van der Waals surface area (Å²) >= 11 is 0. The van der Waals surface area contributed by atoms with Gasteiger partial charge in [-0.05, 0) is 29.7 Å². The minimum Gasteiger partial charge on any atom is -0.481 e. The van der Waals surface area contributed by atoms with Crippen LogP contribution in [0.25, 0.3) is 21.8 Å². The van der Waals surface area contributed by atoms with Gasteiger partial charge in [0.1, 0.15) is 0 Å². The van der Waals surface area contributed by atoms with Gasteiger partial charge in [-0.1, -0.05) is 36.4 Å². The average molecular weight is 318 g/mol. The summed E-state index contributed by atoms with van der Waals surface area (Å²) < 4.78 is 0. The highest BCUT2D eigenvalue weighted by Crippen LogP contribution is 2.37. The van der Waals surface area contributed by atoms with Crippen LogP contribution in [0.2, 0.25) is 0 Å². The molecule has 4 aromatic rings. The number of aromatic amines is 2. The van der Waals surface area contributed by atoms with Crippen molar-refractivity contribution < 1.29 is 9.90 Å². The molecule has 0 saturated heterocycles. The van der Waals surface area contributed by atoms with E-state index in [9.17, 15) is 4.79 Å². The van der Waals surface area contributed by atoms with E-state index >= 15 is 0 Å². The van der Waals surface area contributed by atoms with Crippen LogP contribution in [0.15, 0.2) is 60.9 Å². The predicted octanol–water partition coefficient (Wildman–Crippen LogP) is 4.65. The van der Waals surface area contributed by atoms with Crippen LogP contribution in [-0.4, -0.2) is 21.0 Å². The molecule has 0 radical (unpaired) electrons. The SMILES string of the molecule is O=C(O)CCC(c1c[nH]c2ccccc12)c1c[nH]c2ccccc12. The van der Waals surface area contributed by atoms with Crippen LogP contribution < -0.4 is 0 Å². The highest BCUT2D eigenvalue weighted by molar-refractivity contribution is 5.88. The van der Waals surface area contributed by atoms with Crippen LogP contribution in [0.1, 0.15) is 29.9 Å². The lowest BCUT2D eigenvalue weighted by Gasteiger charge is -2.15. The zero-order valence-electron chi connectivity index (χ0n) is 13.1. The molecule has 0 unspecified atom stereocenters. The second kappa shape index (κ2) is 5.89. The van der Waals surface area contributed by atoms with Crippen molar-refractivity contribution >= 4 is 27.8 Å². The molecule has 0 spiro atoms. The predicted molar refractivity (Wildman–Crippen MR) is 95.3 cm³/mol. The van der Waals surface area contributed by atoms with E-state index in [-0.39, 0.29) is 12.3 Å². The molecule has 0 aliphatic heterocycles. The molecule has 0 amide bonds. The fraction of sp³-hybridized carbons (Fsp3) is 0.150. The highest BCUT2D eigenvalue weighted by atomic mass is 16.4. The average Bonchev–Trinajstić information content (AvgIpc) is 3.20. The Bertz CT molecular complexity index is 939. The number of para-hydroxylation sites is 2. The number of hydrogen-bond donors (Lipinski definition) is 3. The summed E-state index contributed by atoms with van der Waals surface area (Å²) in [4.78, 5) is 17.8. The highest BCUT2D eigenvalue weighted by Gasteiger charge is 2.21. The Morgan fingerprint density at radius 1 is 0.875 bits per heavy atom. The number of H-pyrrole nitrogens is 2. The van der Waals surface area contributed by atoms with E-state index < -0.39 is 5.97 Å². The van der Waals surface area contributed by atoms with Crippen molar-refractivity contribution in [3.05, 3.63) is 72.1 Å². The van der Waals surface area contributed by atoms with E-state index in [0.29, 0.717) is 6.42 Å². The van der Waals surface area contributed by atoms with E-state index in [2.05, 4.69) is 22.1 Å². The normalized spacial score (nSPS) is 11.5. The largest absolute Gasteiger partial charge is 0.481 e. The molecule has 4 rings (SSSR count). The van der Waals surface area contributed by atoms with Crippen molar-refractivity contribution in [1.29, 1.82) is 0 Å². The molecule has 0 atom stereocenters. The first-order chi connectivity index (χ1) is 11.7. The molecule has 0 saturated carbocycles. The topological polar surface area (TPSA) is 68.9 Å². The van der Waals surface area contributed by atoms with Crippen molar-refractivity contribution in [2.75, 3.05) is 0 Å². The summed E-state index contributed by atoms with van der Waals surface area (Å²) in [6.45, 7) is 0. The Balaban J connectivity index is 1.86. The quantitative estimate of drug-likeness (QED) is 0.501. The lowest BCUT2D eigenvalue weighted by molar-refractivity contribution is -0.137. The number of carbonyl (C=O) groups is 1. The van der Waals surface area contributed by atoms with Gasteiger partial charge in [-0.25, -0.2) is 0 Å². The third kappa shape index (κ3) is 2.46. The molecule has 0 fully saturated rings. The lowest BCUT2D eigenvalue weighted by atomic mass is 9.87. The van der Waals surface area contributed by atoms with Gasteiger partial charge in [-0.3, -0.25) is 4.79 Å². The summed E-state index contributed by atoms with van der Waals surface area (Å²) in [5, 5.41) is 11.5. The smallest absolute Gasteiger partial charge is 0.303 e. The molecule has 3 N–H and O–H groups in total. The minimum atomic E-state index is -0.764. The first-order valence-electron chi connectivity index (χ1n) is 8.08. The number of hydrogen-bond acceptors (Lipinski definition) is 1. The van der Waals surface area contributed by atoms with Crippen LogP contribution in [0.5, 0.6) is 0 Å². The number of nitrogens with one attached hydrogen (secondary N) is 2. The standard InChI is InChI=1S/C20H18N2O2/c23-20(24)10-9-13(16-11-21-18-7-3-1-5-14(16)18)17-12-22-19-8-4-2-6-15(17)19/h1-8,11-13,21-22H,9-10H2,(H,23,24). The van der Waals surface area contributed by atoms with Gasteiger partial charge < -0.3 is 15.1 Å². The Morgan fingerprint density at radius 3 is 1.88 bits per heavy atom. The molecule has 4 heteroatoms. The van der Waals surface area contributed by atoms with Gasteiger partial charge in [-0.2, -0.15) is 0 Å². The first kappa shape index (κ1) is 14.6. The monoisotopic (exact) mass is 318 g/mol. The van der Waals surface area contributed by atoms with Gasteiger partial charge in [0, 0.05) is 46.5 Å². The van der Waals surface area contributed by atoms with Crippen LogP contribution in [-0.2, 0) is 4.79 Å². The van der Waals surface area contributed by atoms with E-state index in [1.165, 1.54) is 0 Å². The molecule has 2 aromatic heterocycles. The van der Waals surface area contributed by atoms with Crippen molar-refractivity contribution in [3.63, 3.8) is 0 Å². The Morgan fingerprint density at radius 2 is 1.38 bits per heavy atom. The Kier molecular flexibility index (Phi) is 3.58. The number of benzene rings is 2. The second-order valence-electron chi connectivity index (χ2n) is 6.06. The number of fused-ring (bicyclic) bond motifs is 2. The van der Waals surface area contributed by atoms with Crippen LogP contribution in [0, 0.1) is 0 Å². The molecule has 120 valence electrons. The number of rotatable bonds is 5. The fourth-order valence-electron chi connectivity index (χ4n) is 3.51. The zero-order valence-corrected chi connectivity index (χ0v) is 13.1. The molecular weight excluding hydrogens is 300 g/mol. The molecule has 2 aromatic carbocycles. The summed E-state index contributed by atoms with van der Waals surface area (Å²) in [5.74, 6) is -0.729. The number of aromatic nitrogens is 2. The molecule has 0 aliphatic carbocycles. The number of carboxylic acid groups (broad SMARTS) is 1. The van der Waals surface area contributed by atoms with E-state index in [1.54, 1.807) is 0 Å². The van der Waals surface area contributed by atoms with Crippen molar-refractivity contribution in [1.82, 2.24) is 9.97 Å². The number of aliphatic carboxylic acids is 1. The van der Waals surface area contributed by atoms with Gasteiger partial charge in [-0.15, -0.1) is 0 Å². The van der Waals surface area contributed by atoms with Gasteiger partial charge in [0.2, 0.25) is 0 Å². The molecule has 4 nitrogen and oxygen atoms in total. The van der Waals surface area contributed by atoms with Crippen LogP contribution >= 0.6 is 0 Å². The maximum absolute atomic E-state index is 11.2. The summed E-state index contributed by atoms with van der Waals surface area (Å²) in [6, 6.07) is 16.3. The zero-order chi connectivity index (χ0) is 16.5. The first-order valence-corrected chi connectivity index (χ1v) is 8.08. The Hall–Kier alpha value is -3.01. The van der Waals surface area contributed by atoms with E-state index in [4.69, 9.17) is 5.11 Å². The van der Waals surface area contributed by atoms with Crippen molar-refractivity contribution in [3.8, 4) is 0 Å².